The van der Waals surface area contributed by atoms with Crippen molar-refractivity contribution >= 4 is 17.2 Å². The molecule has 0 atom stereocenters. The highest BCUT2D eigenvalue weighted by molar-refractivity contribution is 5.81. The first kappa shape index (κ1) is 18.3. The van der Waals surface area contributed by atoms with Crippen LogP contribution in [0.5, 0.6) is 0 Å². The van der Waals surface area contributed by atoms with Gasteiger partial charge in [0.1, 0.15) is 5.10 Å². The molecule has 1 aromatic rings. The van der Waals surface area contributed by atoms with Crippen molar-refractivity contribution < 1.29 is 0 Å². The summed E-state index contributed by atoms with van der Waals surface area (Å²) in [5, 5.41) is 3.92. The minimum absolute atomic E-state index is 0.370. The number of nitrogens with two attached hydrogens (primary N) is 1. The zero-order valence-electron chi connectivity index (χ0n) is 16.3. The largest absolute Gasteiger partial charge is 0.398 e. The maximum atomic E-state index is 6.99. The van der Waals surface area contributed by atoms with Crippen LogP contribution in [0.15, 0.2) is 29.4 Å². The van der Waals surface area contributed by atoms with E-state index < -0.39 is 0 Å². The maximum absolute atomic E-state index is 6.99. The fourth-order valence-electron chi connectivity index (χ4n) is 4.01. The van der Waals surface area contributed by atoms with E-state index in [0.717, 1.165) is 37.6 Å². The summed E-state index contributed by atoms with van der Waals surface area (Å²) in [6.45, 7) is 13.4. The van der Waals surface area contributed by atoms with Gasteiger partial charge in [-0.3, -0.25) is 0 Å². The van der Waals surface area contributed by atoms with Crippen molar-refractivity contribution in [3.8, 4) is 0 Å². The summed E-state index contributed by atoms with van der Waals surface area (Å²) < 4.78 is 0. The Morgan fingerprint density at radius 2 is 1.92 bits per heavy atom. The summed E-state index contributed by atoms with van der Waals surface area (Å²) in [7, 11) is 3.99. The molecule has 1 saturated heterocycles. The van der Waals surface area contributed by atoms with E-state index in [4.69, 9.17) is 12.3 Å². The standard InChI is InChI=1S/C21H29N5/c1-21(2)10-8-15(9-11-21)18-12-16(6-7-19(18)22)17-13-25(4)20(24-23-3)26(5)14-17/h6-8,12,17H,9-11,13-14,22H2,1-2,4-5H3. The van der Waals surface area contributed by atoms with Crippen LogP contribution in [0.25, 0.3) is 10.5 Å². The Morgan fingerprint density at radius 1 is 1.23 bits per heavy atom. The molecule has 1 aliphatic heterocycles. The normalized spacial score (nSPS) is 22.7. The van der Waals surface area contributed by atoms with Crippen molar-refractivity contribution in [3.05, 3.63) is 46.9 Å². The zero-order chi connectivity index (χ0) is 18.9. The van der Waals surface area contributed by atoms with Gasteiger partial charge in [-0.1, -0.05) is 26.0 Å². The molecule has 0 spiro atoms. The van der Waals surface area contributed by atoms with E-state index >= 15 is 0 Å². The molecule has 5 heteroatoms. The van der Waals surface area contributed by atoms with Crippen molar-refractivity contribution in [2.45, 2.75) is 39.0 Å². The first-order chi connectivity index (χ1) is 12.3. The Morgan fingerprint density at radius 3 is 2.50 bits per heavy atom. The Balaban J connectivity index is 1.86. The van der Waals surface area contributed by atoms with Gasteiger partial charge in [0, 0.05) is 44.4 Å². The van der Waals surface area contributed by atoms with Crippen LogP contribution in [0.3, 0.4) is 0 Å². The smallest absolute Gasteiger partial charge is 0.282 e. The SMILES string of the molecule is [C-]#[N+]N=C1N(C)CC(c2ccc(N)c(C3=CCC(C)(C)CC3)c2)CN1C. The number of likely N-dealkylation sites (N-methyl/N-ethyl adjacent to an activating group) is 2. The minimum atomic E-state index is 0.370. The Kier molecular flexibility index (Phi) is 4.95. The second-order valence-electron chi connectivity index (χ2n) is 8.40. The summed E-state index contributed by atoms with van der Waals surface area (Å²) >= 11 is 0. The topological polar surface area (TPSA) is 49.2 Å². The number of nitrogen functional groups attached to an aromatic ring is 1. The number of rotatable bonds is 2. The molecular formula is C21H29N5. The van der Waals surface area contributed by atoms with Crippen molar-refractivity contribution in [2.75, 3.05) is 32.9 Å². The van der Waals surface area contributed by atoms with Crippen LogP contribution in [0.2, 0.25) is 0 Å². The third kappa shape index (κ3) is 3.70. The van der Waals surface area contributed by atoms with Crippen LogP contribution in [0, 0.1) is 12.0 Å². The van der Waals surface area contributed by atoms with Crippen LogP contribution in [0.4, 0.5) is 5.69 Å². The monoisotopic (exact) mass is 351 g/mol. The van der Waals surface area contributed by atoms with E-state index in [1.807, 2.05) is 20.2 Å². The molecule has 0 unspecified atom stereocenters. The first-order valence-electron chi connectivity index (χ1n) is 9.26. The summed E-state index contributed by atoms with van der Waals surface area (Å²) in [5.41, 5.74) is 11.5. The van der Waals surface area contributed by atoms with Gasteiger partial charge in [-0.05, 0) is 47.9 Å². The lowest BCUT2D eigenvalue weighted by Gasteiger charge is -2.37. The fourth-order valence-corrected chi connectivity index (χ4v) is 4.01. The summed E-state index contributed by atoms with van der Waals surface area (Å²) in [6, 6.07) is 6.48. The Bertz CT molecular complexity index is 770. The number of hydrogen-bond donors (Lipinski definition) is 1. The second kappa shape index (κ2) is 7.03. The fraction of sp³-hybridized carbons (Fsp3) is 0.524. The highest BCUT2D eigenvalue weighted by Gasteiger charge is 2.29. The van der Waals surface area contributed by atoms with E-state index in [1.165, 1.54) is 23.1 Å². The maximum Gasteiger partial charge on any atom is 0.282 e. The number of benzene rings is 1. The van der Waals surface area contributed by atoms with Crippen molar-refractivity contribution in [1.29, 1.82) is 0 Å². The zero-order valence-corrected chi connectivity index (χ0v) is 16.3. The lowest BCUT2D eigenvalue weighted by molar-refractivity contribution is 0.287. The average Bonchev–Trinajstić information content (AvgIpc) is 2.59. The summed E-state index contributed by atoms with van der Waals surface area (Å²) in [6.07, 6.45) is 5.77. The van der Waals surface area contributed by atoms with Crippen molar-refractivity contribution in [1.82, 2.24) is 9.80 Å². The van der Waals surface area contributed by atoms with Crippen molar-refractivity contribution in [2.24, 2.45) is 10.5 Å². The molecule has 1 heterocycles. The lowest BCUT2D eigenvalue weighted by atomic mass is 9.76. The van der Waals surface area contributed by atoms with Gasteiger partial charge in [-0.15, -0.1) is 4.95 Å². The molecule has 0 aromatic heterocycles. The van der Waals surface area contributed by atoms with Crippen LogP contribution >= 0.6 is 0 Å². The molecule has 0 radical (unpaired) electrons. The highest BCUT2D eigenvalue weighted by Crippen LogP contribution is 2.40. The molecule has 3 rings (SSSR count). The number of nitrogens with zero attached hydrogens (tertiary/aromatic N) is 4. The molecule has 2 N–H and O–H groups in total. The van der Waals surface area contributed by atoms with Gasteiger partial charge in [0.05, 0.1) is 0 Å². The molecule has 138 valence electrons. The second-order valence-corrected chi connectivity index (χ2v) is 8.40. The van der Waals surface area contributed by atoms with E-state index in [0.29, 0.717) is 11.3 Å². The molecule has 0 bridgehead atoms. The molecule has 1 fully saturated rings. The van der Waals surface area contributed by atoms with E-state index in [9.17, 15) is 0 Å². The van der Waals surface area contributed by atoms with Crippen LogP contribution < -0.4 is 5.73 Å². The van der Waals surface area contributed by atoms with E-state index in [1.54, 1.807) is 0 Å². The van der Waals surface area contributed by atoms with E-state index in [-0.39, 0.29) is 0 Å². The van der Waals surface area contributed by atoms with Gasteiger partial charge in [0.2, 0.25) is 0 Å². The van der Waals surface area contributed by atoms with Gasteiger partial charge in [-0.2, -0.15) is 6.57 Å². The third-order valence-corrected chi connectivity index (χ3v) is 5.68. The summed E-state index contributed by atoms with van der Waals surface area (Å²) in [4.78, 5) is 7.31. The number of guanidine groups is 1. The molecule has 0 amide bonds. The Hall–Kier alpha value is -2.48. The first-order valence-corrected chi connectivity index (χ1v) is 9.26. The summed E-state index contributed by atoms with van der Waals surface area (Å²) in [5.74, 6) is 1.11. The third-order valence-electron chi connectivity index (χ3n) is 5.68. The quantitative estimate of drug-likeness (QED) is 0.497. The molecular weight excluding hydrogens is 322 g/mol. The van der Waals surface area contributed by atoms with Crippen molar-refractivity contribution in [3.63, 3.8) is 0 Å². The van der Waals surface area contributed by atoms with Crippen LogP contribution in [-0.4, -0.2) is 42.9 Å². The molecule has 1 aliphatic carbocycles. The van der Waals surface area contributed by atoms with Gasteiger partial charge in [0.15, 0.2) is 0 Å². The predicted octanol–water partition coefficient (Wildman–Crippen LogP) is 4.01. The van der Waals surface area contributed by atoms with Crippen LogP contribution in [0.1, 0.15) is 50.2 Å². The molecule has 26 heavy (non-hydrogen) atoms. The number of allylic oxidation sites excluding steroid dienone is 2. The highest BCUT2D eigenvalue weighted by atomic mass is 15.4. The lowest BCUT2D eigenvalue weighted by Crippen LogP contribution is -2.49. The van der Waals surface area contributed by atoms with Gasteiger partial charge < -0.3 is 15.5 Å². The van der Waals surface area contributed by atoms with Crippen LogP contribution in [-0.2, 0) is 0 Å². The molecule has 0 saturated carbocycles. The molecule has 1 aromatic carbocycles. The Labute approximate surface area is 157 Å². The minimum Gasteiger partial charge on any atom is -0.398 e. The van der Waals surface area contributed by atoms with Gasteiger partial charge in [-0.25, -0.2) is 0 Å². The molecule has 2 aliphatic rings. The predicted molar refractivity (Wildman–Crippen MR) is 109 cm³/mol. The molecule has 5 nitrogen and oxygen atoms in total. The number of anilines is 1. The van der Waals surface area contributed by atoms with Gasteiger partial charge >= 0.3 is 0 Å². The average molecular weight is 351 g/mol. The van der Waals surface area contributed by atoms with Gasteiger partial charge in [0.25, 0.3) is 5.96 Å². The van der Waals surface area contributed by atoms with E-state index in [2.05, 4.69) is 51.9 Å². The number of hydrogen-bond acceptors (Lipinski definition) is 2.